The van der Waals surface area contributed by atoms with Crippen molar-refractivity contribution < 1.29 is 32.9 Å². The minimum absolute atomic E-state index is 0.00237. The van der Waals surface area contributed by atoms with E-state index >= 15 is 0 Å². The Morgan fingerprint density at radius 1 is 0.660 bits per heavy atom. The van der Waals surface area contributed by atoms with Gasteiger partial charge in [-0.3, -0.25) is 9.36 Å². The van der Waals surface area contributed by atoms with E-state index in [9.17, 15) is 19.4 Å². The number of nitrogens with one attached hydrogen (secondary N) is 1. The fraction of sp³-hybridized carbons (Fsp3) is 0.841. The number of carbonyl (C=O) groups is 1. The minimum atomic E-state index is -4.58. The van der Waals surface area contributed by atoms with Crippen LogP contribution in [0.25, 0.3) is 0 Å². The molecule has 2 N–H and O–H groups in total. The zero-order chi connectivity index (χ0) is 39.3. The SMILES string of the molecule is CCCCCCC/C=C\C/C=C\CCCCCCCCCCCC(=O)NC(COP(=O)([O-])OCC[N+](C)(C)C)C(O)/C=C/CCCCCCCCCC. The van der Waals surface area contributed by atoms with E-state index in [1.165, 1.54) is 122 Å². The van der Waals surface area contributed by atoms with Crippen molar-refractivity contribution in [3.8, 4) is 0 Å². The molecule has 53 heavy (non-hydrogen) atoms. The first-order valence-electron chi connectivity index (χ1n) is 21.9. The number of amides is 1. The van der Waals surface area contributed by atoms with Crippen LogP contribution in [0.5, 0.6) is 0 Å². The van der Waals surface area contributed by atoms with Gasteiger partial charge in [-0.2, -0.15) is 0 Å². The molecule has 0 radical (unpaired) electrons. The van der Waals surface area contributed by atoms with Crippen molar-refractivity contribution in [2.75, 3.05) is 40.9 Å². The lowest BCUT2D eigenvalue weighted by molar-refractivity contribution is -0.870. The predicted octanol–water partition coefficient (Wildman–Crippen LogP) is 11.3. The van der Waals surface area contributed by atoms with Crippen LogP contribution in [0, 0.1) is 0 Å². The first-order valence-corrected chi connectivity index (χ1v) is 23.3. The second-order valence-corrected chi connectivity index (χ2v) is 17.5. The van der Waals surface area contributed by atoms with Crippen LogP contribution in [-0.2, 0) is 18.4 Å². The van der Waals surface area contributed by atoms with Crippen molar-refractivity contribution in [3.05, 3.63) is 36.5 Å². The number of allylic oxidation sites excluding steroid dienone is 5. The monoisotopic (exact) mass is 769 g/mol. The summed E-state index contributed by atoms with van der Waals surface area (Å²) in [4.78, 5) is 25.2. The number of quaternary nitrogens is 1. The number of phosphoric acid groups is 1. The van der Waals surface area contributed by atoms with Gasteiger partial charge in [0, 0.05) is 6.42 Å². The standard InChI is InChI=1S/C44H85N2O6P/c1-6-8-10-12-14-16-18-19-20-21-22-23-24-25-26-27-28-30-32-34-36-38-44(48)45-42(41-52-53(49,50)51-40-39-46(3,4)5)43(47)37-35-33-31-29-17-15-13-11-9-7-2/h18-19,21-22,35,37,42-43,47H,6-17,20,23-34,36,38-41H2,1-5H3,(H-,45,48,49,50)/b19-18-,22-21-,37-35+. The number of likely N-dealkylation sites (N-methyl/N-ethyl adjacent to an activating group) is 1. The Kier molecular flexibility index (Phi) is 35.5. The molecule has 0 aromatic rings. The Labute approximate surface area is 327 Å². The molecule has 0 aromatic heterocycles. The van der Waals surface area contributed by atoms with E-state index < -0.39 is 20.0 Å². The van der Waals surface area contributed by atoms with E-state index in [2.05, 4.69) is 43.5 Å². The van der Waals surface area contributed by atoms with Gasteiger partial charge in [-0.05, 0) is 51.4 Å². The van der Waals surface area contributed by atoms with Crippen LogP contribution < -0.4 is 10.2 Å². The van der Waals surface area contributed by atoms with E-state index in [0.29, 0.717) is 17.4 Å². The van der Waals surface area contributed by atoms with Crippen molar-refractivity contribution in [1.82, 2.24) is 5.32 Å². The summed E-state index contributed by atoms with van der Waals surface area (Å²) in [5.74, 6) is -0.205. The largest absolute Gasteiger partial charge is 0.756 e. The maximum atomic E-state index is 12.8. The molecule has 1 amide bonds. The minimum Gasteiger partial charge on any atom is -0.756 e. The summed E-state index contributed by atoms with van der Waals surface area (Å²) >= 11 is 0. The third-order valence-electron chi connectivity index (χ3n) is 9.59. The molecule has 3 atom stereocenters. The van der Waals surface area contributed by atoms with Crippen molar-refractivity contribution in [2.24, 2.45) is 0 Å². The fourth-order valence-electron chi connectivity index (χ4n) is 6.06. The highest BCUT2D eigenvalue weighted by Crippen LogP contribution is 2.38. The van der Waals surface area contributed by atoms with Gasteiger partial charge in [-0.25, -0.2) is 0 Å². The zero-order valence-electron chi connectivity index (χ0n) is 35.2. The van der Waals surface area contributed by atoms with Gasteiger partial charge in [-0.1, -0.05) is 166 Å². The van der Waals surface area contributed by atoms with Gasteiger partial charge in [0.15, 0.2) is 0 Å². The number of nitrogens with zero attached hydrogens (tertiary/aromatic N) is 1. The summed E-state index contributed by atoms with van der Waals surface area (Å²) in [6.45, 7) is 4.60. The van der Waals surface area contributed by atoms with Crippen molar-refractivity contribution in [1.29, 1.82) is 0 Å². The molecule has 0 spiro atoms. The summed E-state index contributed by atoms with van der Waals surface area (Å²) in [6, 6.07) is -0.885. The first-order chi connectivity index (χ1) is 25.5. The molecule has 0 bridgehead atoms. The molecule has 0 heterocycles. The van der Waals surface area contributed by atoms with Crippen molar-refractivity contribution in [2.45, 2.75) is 199 Å². The van der Waals surface area contributed by atoms with Crippen molar-refractivity contribution >= 4 is 13.7 Å². The van der Waals surface area contributed by atoms with Crippen LogP contribution in [0.15, 0.2) is 36.5 Å². The second kappa shape index (κ2) is 36.4. The Morgan fingerprint density at radius 2 is 1.09 bits per heavy atom. The van der Waals surface area contributed by atoms with Crippen molar-refractivity contribution in [3.63, 3.8) is 0 Å². The summed E-state index contributed by atoms with van der Waals surface area (Å²) in [7, 11) is 1.25. The van der Waals surface area contributed by atoms with Gasteiger partial charge in [0.25, 0.3) is 7.82 Å². The van der Waals surface area contributed by atoms with Gasteiger partial charge in [0.2, 0.25) is 5.91 Å². The predicted molar refractivity (Wildman–Crippen MR) is 224 cm³/mol. The highest BCUT2D eigenvalue weighted by molar-refractivity contribution is 7.45. The molecule has 3 unspecified atom stereocenters. The van der Waals surface area contributed by atoms with Gasteiger partial charge >= 0.3 is 0 Å². The normalized spacial score (nSPS) is 14.8. The topological polar surface area (TPSA) is 108 Å². The van der Waals surface area contributed by atoms with Crippen LogP contribution >= 0.6 is 7.82 Å². The number of phosphoric ester groups is 1. The Bertz CT molecular complexity index is 964. The summed E-state index contributed by atoms with van der Waals surface area (Å²) in [5.41, 5.74) is 0. The number of hydrogen-bond donors (Lipinski definition) is 2. The average molecular weight is 769 g/mol. The highest BCUT2D eigenvalue weighted by atomic mass is 31.2. The summed E-state index contributed by atoms with van der Waals surface area (Å²) in [6.07, 6.45) is 43.3. The smallest absolute Gasteiger partial charge is 0.268 e. The van der Waals surface area contributed by atoms with E-state index in [-0.39, 0.29) is 19.1 Å². The average Bonchev–Trinajstić information content (AvgIpc) is 3.10. The molecular formula is C44H85N2O6P. The summed E-state index contributed by atoms with van der Waals surface area (Å²) in [5, 5.41) is 13.7. The van der Waals surface area contributed by atoms with Crippen LogP contribution in [-0.4, -0.2) is 68.5 Å². The first kappa shape index (κ1) is 51.7. The lowest BCUT2D eigenvalue weighted by atomic mass is 10.0. The number of hydrogen-bond acceptors (Lipinski definition) is 6. The zero-order valence-corrected chi connectivity index (χ0v) is 36.1. The Hall–Kier alpha value is -1.28. The molecular weight excluding hydrogens is 683 g/mol. The van der Waals surface area contributed by atoms with Crippen LogP contribution in [0.3, 0.4) is 0 Å². The fourth-order valence-corrected chi connectivity index (χ4v) is 6.79. The quantitative estimate of drug-likeness (QED) is 0.0279. The number of carbonyl (C=O) groups excluding carboxylic acids is 1. The second-order valence-electron chi connectivity index (χ2n) is 16.0. The Balaban J connectivity index is 4.32. The Morgan fingerprint density at radius 3 is 1.57 bits per heavy atom. The lowest BCUT2D eigenvalue weighted by Crippen LogP contribution is -2.45. The lowest BCUT2D eigenvalue weighted by Gasteiger charge is -2.29. The number of unbranched alkanes of at least 4 members (excludes halogenated alkanes) is 22. The third kappa shape index (κ3) is 38.8. The van der Waals surface area contributed by atoms with E-state index in [4.69, 9.17) is 9.05 Å². The number of aliphatic hydroxyl groups excluding tert-OH is 1. The van der Waals surface area contributed by atoms with Crippen LogP contribution in [0.4, 0.5) is 0 Å². The number of rotatable bonds is 39. The molecule has 0 aromatic carbocycles. The van der Waals surface area contributed by atoms with E-state index in [0.717, 1.165) is 44.9 Å². The van der Waals surface area contributed by atoms with Crippen LogP contribution in [0.2, 0.25) is 0 Å². The molecule has 0 saturated carbocycles. The number of aliphatic hydroxyl groups is 1. The maximum absolute atomic E-state index is 12.8. The molecule has 8 nitrogen and oxygen atoms in total. The maximum Gasteiger partial charge on any atom is 0.268 e. The summed E-state index contributed by atoms with van der Waals surface area (Å²) < 4.78 is 23.1. The molecule has 0 fully saturated rings. The third-order valence-corrected chi connectivity index (χ3v) is 10.6. The van der Waals surface area contributed by atoms with Crippen LogP contribution in [0.1, 0.15) is 187 Å². The van der Waals surface area contributed by atoms with Gasteiger partial charge in [0.05, 0.1) is 39.9 Å². The molecule has 0 aliphatic rings. The molecule has 312 valence electrons. The van der Waals surface area contributed by atoms with Gasteiger partial charge < -0.3 is 28.8 Å². The van der Waals surface area contributed by atoms with E-state index in [1.54, 1.807) is 6.08 Å². The molecule has 0 rings (SSSR count). The van der Waals surface area contributed by atoms with E-state index in [1.807, 2.05) is 27.2 Å². The molecule has 0 saturated heterocycles. The molecule has 0 aliphatic carbocycles. The van der Waals surface area contributed by atoms with Gasteiger partial charge in [0.1, 0.15) is 13.2 Å². The van der Waals surface area contributed by atoms with Gasteiger partial charge in [-0.15, -0.1) is 0 Å². The highest BCUT2D eigenvalue weighted by Gasteiger charge is 2.23. The molecule has 0 aliphatic heterocycles. The molecule has 9 heteroatoms.